The van der Waals surface area contributed by atoms with Gasteiger partial charge in [0.15, 0.2) is 0 Å². The van der Waals surface area contributed by atoms with Crippen LogP contribution in [0.2, 0.25) is 0 Å². The van der Waals surface area contributed by atoms with Crippen LogP contribution in [0.15, 0.2) is 5.11 Å². The second-order valence-corrected chi connectivity index (χ2v) is 2.49. The zero-order chi connectivity index (χ0) is 6.41. The van der Waals surface area contributed by atoms with Crippen molar-refractivity contribution in [1.29, 1.82) is 0 Å². The number of hydrogen-bond acceptors (Lipinski definition) is 1. The third-order valence-corrected chi connectivity index (χ3v) is 1.34. The summed E-state index contributed by atoms with van der Waals surface area (Å²) in [5.41, 5.74) is 7.89. The molecule has 0 aliphatic carbocycles. The summed E-state index contributed by atoms with van der Waals surface area (Å²) in [4.78, 5) is 2.62. The van der Waals surface area contributed by atoms with E-state index >= 15 is 0 Å². The monoisotopic (exact) mass is 177 g/mol. The van der Waals surface area contributed by atoms with Crippen molar-refractivity contribution in [3.63, 3.8) is 0 Å². The van der Waals surface area contributed by atoms with Crippen molar-refractivity contribution in [2.24, 2.45) is 5.11 Å². The quantitative estimate of drug-likeness (QED) is 0.210. The fourth-order valence-electron chi connectivity index (χ4n) is 0.352. The number of halogens is 1. The fraction of sp³-hybridized carbons (Fsp3) is 1.00. The summed E-state index contributed by atoms with van der Waals surface area (Å²) in [6.07, 6.45) is 1.94. The van der Waals surface area contributed by atoms with Crippen molar-refractivity contribution in [3.8, 4) is 0 Å². The van der Waals surface area contributed by atoms with Crippen molar-refractivity contribution in [2.75, 3.05) is 0 Å². The van der Waals surface area contributed by atoms with E-state index < -0.39 is 0 Å². The second kappa shape index (κ2) is 4.94. The van der Waals surface area contributed by atoms with Gasteiger partial charge >= 0.3 is 0 Å². The SMILES string of the molecule is CCCC(Br)N=[N+]=[N-]. The van der Waals surface area contributed by atoms with Gasteiger partial charge in [0.25, 0.3) is 0 Å². The van der Waals surface area contributed by atoms with Gasteiger partial charge in [0.1, 0.15) is 0 Å². The molecular weight excluding hydrogens is 170 g/mol. The Balaban J connectivity index is 3.31. The van der Waals surface area contributed by atoms with E-state index in [1.807, 2.05) is 6.92 Å². The van der Waals surface area contributed by atoms with E-state index in [1.54, 1.807) is 0 Å². The molecule has 0 bridgehead atoms. The molecule has 0 N–H and O–H groups in total. The van der Waals surface area contributed by atoms with Crippen LogP contribution in [-0.2, 0) is 0 Å². The summed E-state index contributed by atoms with van der Waals surface area (Å²) in [6, 6.07) is 0. The molecule has 0 fully saturated rings. The molecule has 0 saturated carbocycles. The Morgan fingerprint density at radius 1 is 1.88 bits per heavy atom. The number of alkyl halides is 1. The normalized spacial score (nSPS) is 12.2. The highest BCUT2D eigenvalue weighted by atomic mass is 79.9. The molecule has 1 atom stereocenters. The zero-order valence-electron chi connectivity index (χ0n) is 4.71. The molecule has 0 radical (unpaired) electrons. The van der Waals surface area contributed by atoms with Crippen LogP contribution in [0, 0.1) is 0 Å². The average molecular weight is 178 g/mol. The Labute approximate surface area is 56.8 Å². The Kier molecular flexibility index (Phi) is 4.81. The molecule has 4 heteroatoms. The predicted octanol–water partition coefficient (Wildman–Crippen LogP) is 2.82. The van der Waals surface area contributed by atoms with Crippen molar-refractivity contribution in [3.05, 3.63) is 10.4 Å². The maximum absolute atomic E-state index is 7.89. The summed E-state index contributed by atoms with van der Waals surface area (Å²) in [5, 5.41) is 3.41. The van der Waals surface area contributed by atoms with Gasteiger partial charge in [-0.05, 0) is 12.0 Å². The summed E-state index contributed by atoms with van der Waals surface area (Å²) in [7, 11) is 0. The smallest absolute Gasteiger partial charge is 0.0829 e. The van der Waals surface area contributed by atoms with Gasteiger partial charge in [-0.1, -0.05) is 34.4 Å². The predicted molar refractivity (Wildman–Crippen MR) is 36.8 cm³/mol. The molecule has 3 nitrogen and oxygen atoms in total. The lowest BCUT2D eigenvalue weighted by Gasteiger charge is -1.94. The van der Waals surface area contributed by atoms with Gasteiger partial charge in [-0.15, -0.1) is 0 Å². The van der Waals surface area contributed by atoms with Crippen LogP contribution in [0.3, 0.4) is 0 Å². The third-order valence-electron chi connectivity index (χ3n) is 0.704. The molecule has 0 heterocycles. The standard InChI is InChI=1S/C4H8BrN3/c1-2-3-4(5)7-8-6/h4H,2-3H2,1H3. The Hall–Kier alpha value is -0.210. The maximum atomic E-state index is 7.89. The highest BCUT2D eigenvalue weighted by molar-refractivity contribution is 9.09. The summed E-state index contributed by atoms with van der Waals surface area (Å²) in [6.45, 7) is 2.04. The lowest BCUT2D eigenvalue weighted by atomic mass is 10.3. The minimum Gasteiger partial charge on any atom is -0.0829 e. The van der Waals surface area contributed by atoms with E-state index in [2.05, 4.69) is 26.0 Å². The minimum absolute atomic E-state index is 0.0162. The Bertz CT molecular complexity index is 97.5. The molecule has 0 aliphatic heterocycles. The molecule has 0 aromatic carbocycles. The van der Waals surface area contributed by atoms with Gasteiger partial charge in [-0.25, -0.2) is 0 Å². The van der Waals surface area contributed by atoms with Gasteiger partial charge < -0.3 is 0 Å². The first-order valence-corrected chi connectivity index (χ1v) is 3.41. The minimum atomic E-state index is -0.0162. The molecule has 0 aromatic heterocycles. The lowest BCUT2D eigenvalue weighted by Crippen LogP contribution is -1.87. The highest BCUT2D eigenvalue weighted by Crippen LogP contribution is 2.08. The fourth-order valence-corrected chi connectivity index (χ4v) is 0.892. The van der Waals surface area contributed by atoms with E-state index in [4.69, 9.17) is 5.53 Å². The molecule has 0 saturated heterocycles. The average Bonchev–Trinajstić information content (AvgIpc) is 1.68. The number of rotatable bonds is 3. The molecule has 1 unspecified atom stereocenters. The second-order valence-electron chi connectivity index (χ2n) is 1.43. The largest absolute Gasteiger partial charge is 0.0931 e. The Morgan fingerprint density at radius 3 is 2.88 bits per heavy atom. The van der Waals surface area contributed by atoms with Crippen LogP contribution in [0.4, 0.5) is 0 Å². The van der Waals surface area contributed by atoms with Gasteiger partial charge in [-0.3, -0.25) is 0 Å². The molecular formula is C4H8BrN3. The molecule has 8 heavy (non-hydrogen) atoms. The van der Waals surface area contributed by atoms with E-state index in [9.17, 15) is 0 Å². The highest BCUT2D eigenvalue weighted by Gasteiger charge is 1.94. The van der Waals surface area contributed by atoms with E-state index in [1.165, 1.54) is 0 Å². The molecule has 0 aliphatic rings. The first kappa shape index (κ1) is 7.79. The molecule has 0 spiro atoms. The van der Waals surface area contributed by atoms with Gasteiger partial charge in [0, 0.05) is 4.91 Å². The van der Waals surface area contributed by atoms with Gasteiger partial charge in [0.05, 0.1) is 4.95 Å². The molecule has 0 rings (SSSR count). The van der Waals surface area contributed by atoms with Crippen LogP contribution in [0.1, 0.15) is 19.8 Å². The van der Waals surface area contributed by atoms with Crippen LogP contribution in [0.5, 0.6) is 0 Å². The molecule has 46 valence electrons. The first-order chi connectivity index (χ1) is 3.81. The number of nitrogens with zero attached hydrogens (tertiary/aromatic N) is 3. The summed E-state index contributed by atoms with van der Waals surface area (Å²) >= 11 is 3.18. The summed E-state index contributed by atoms with van der Waals surface area (Å²) in [5.74, 6) is 0. The zero-order valence-corrected chi connectivity index (χ0v) is 6.30. The van der Waals surface area contributed by atoms with Crippen LogP contribution >= 0.6 is 15.9 Å². The lowest BCUT2D eigenvalue weighted by molar-refractivity contribution is 0.770. The topological polar surface area (TPSA) is 48.8 Å². The van der Waals surface area contributed by atoms with Crippen LogP contribution < -0.4 is 0 Å². The molecule has 0 aromatic rings. The van der Waals surface area contributed by atoms with Crippen molar-refractivity contribution < 1.29 is 0 Å². The van der Waals surface area contributed by atoms with Crippen molar-refractivity contribution in [2.45, 2.75) is 24.7 Å². The summed E-state index contributed by atoms with van der Waals surface area (Å²) < 4.78 is 0. The number of azide groups is 1. The van der Waals surface area contributed by atoms with E-state index in [0.717, 1.165) is 12.8 Å². The van der Waals surface area contributed by atoms with Crippen molar-refractivity contribution in [1.82, 2.24) is 0 Å². The Morgan fingerprint density at radius 2 is 2.50 bits per heavy atom. The van der Waals surface area contributed by atoms with Gasteiger partial charge in [-0.2, -0.15) is 0 Å². The van der Waals surface area contributed by atoms with Gasteiger partial charge in [0.2, 0.25) is 0 Å². The third kappa shape index (κ3) is 3.96. The van der Waals surface area contributed by atoms with Crippen molar-refractivity contribution >= 4 is 15.9 Å². The van der Waals surface area contributed by atoms with E-state index in [0.29, 0.717) is 0 Å². The molecule has 0 amide bonds. The maximum Gasteiger partial charge on any atom is 0.0931 e. The van der Waals surface area contributed by atoms with Crippen LogP contribution in [-0.4, -0.2) is 4.95 Å². The van der Waals surface area contributed by atoms with E-state index in [-0.39, 0.29) is 4.95 Å². The van der Waals surface area contributed by atoms with Crippen LogP contribution in [0.25, 0.3) is 10.4 Å². The first-order valence-electron chi connectivity index (χ1n) is 2.49. The number of hydrogen-bond donors (Lipinski definition) is 0.